The Labute approximate surface area is 121 Å². The number of rotatable bonds is 3. The average Bonchev–Trinajstić information content (AvgIpc) is 2.46. The molecular formula is C15H20F4N2. The van der Waals surface area contributed by atoms with Gasteiger partial charge in [0.25, 0.3) is 0 Å². The van der Waals surface area contributed by atoms with Gasteiger partial charge in [-0.15, -0.1) is 0 Å². The molecule has 1 aliphatic carbocycles. The summed E-state index contributed by atoms with van der Waals surface area (Å²) in [5.74, 6) is -1.69. The van der Waals surface area contributed by atoms with Gasteiger partial charge >= 0.3 is 6.18 Å². The molecule has 1 aliphatic rings. The van der Waals surface area contributed by atoms with Crippen molar-refractivity contribution in [3.63, 3.8) is 0 Å². The molecule has 1 aromatic carbocycles. The molecule has 2 rings (SSSR count). The van der Waals surface area contributed by atoms with Gasteiger partial charge in [-0.25, -0.2) is 4.39 Å². The molecule has 0 saturated heterocycles. The van der Waals surface area contributed by atoms with Crippen molar-refractivity contribution in [3.8, 4) is 0 Å². The van der Waals surface area contributed by atoms with Crippen LogP contribution in [0.3, 0.4) is 0 Å². The minimum absolute atomic E-state index is 0.0130. The first-order chi connectivity index (χ1) is 9.78. The van der Waals surface area contributed by atoms with E-state index >= 15 is 0 Å². The minimum Gasteiger partial charge on any atom is -0.368 e. The summed E-state index contributed by atoms with van der Waals surface area (Å²) in [6.07, 6.45) is -2.94. The molecule has 1 saturated carbocycles. The number of halogens is 4. The van der Waals surface area contributed by atoms with Crippen LogP contribution in [0, 0.1) is 11.7 Å². The third-order valence-electron chi connectivity index (χ3n) is 4.59. The van der Waals surface area contributed by atoms with E-state index in [0.29, 0.717) is 18.5 Å². The van der Waals surface area contributed by atoms with Crippen molar-refractivity contribution in [2.75, 3.05) is 18.5 Å². The standard InChI is InChI=1S/C15H20F4N2/c1-21(13-6-4-12(16)5-7-13)14(10-20)8-2-3-11(9-14)15(17,18)19/h4-7,11H,2-3,8-10,20H2,1H3. The average molecular weight is 304 g/mol. The predicted octanol–water partition coefficient (Wildman–Crippen LogP) is 3.71. The SMILES string of the molecule is CN(c1ccc(F)cc1)C1(CN)CCCC(C(F)(F)F)C1. The highest BCUT2D eigenvalue weighted by Crippen LogP contribution is 2.44. The number of likely N-dealkylation sites (N-methyl/N-ethyl adjacent to an activating group) is 1. The van der Waals surface area contributed by atoms with Crippen LogP contribution in [0.2, 0.25) is 0 Å². The van der Waals surface area contributed by atoms with E-state index < -0.39 is 17.6 Å². The summed E-state index contributed by atoms with van der Waals surface area (Å²) in [7, 11) is 1.73. The fourth-order valence-corrected chi connectivity index (χ4v) is 3.19. The lowest BCUT2D eigenvalue weighted by atomic mass is 9.74. The molecule has 6 heteroatoms. The summed E-state index contributed by atoms with van der Waals surface area (Å²) in [5, 5.41) is 0. The van der Waals surface area contributed by atoms with Crippen molar-refractivity contribution < 1.29 is 17.6 Å². The van der Waals surface area contributed by atoms with Gasteiger partial charge < -0.3 is 10.6 Å². The molecule has 0 radical (unpaired) electrons. The number of hydrogen-bond acceptors (Lipinski definition) is 2. The van der Waals surface area contributed by atoms with E-state index in [1.54, 1.807) is 24.1 Å². The van der Waals surface area contributed by atoms with Crippen molar-refractivity contribution in [3.05, 3.63) is 30.1 Å². The van der Waals surface area contributed by atoms with Gasteiger partial charge in [0.2, 0.25) is 0 Å². The smallest absolute Gasteiger partial charge is 0.368 e. The molecule has 0 amide bonds. The number of benzene rings is 1. The maximum absolute atomic E-state index is 13.0. The van der Waals surface area contributed by atoms with Crippen LogP contribution in [0.4, 0.5) is 23.2 Å². The molecule has 2 unspecified atom stereocenters. The van der Waals surface area contributed by atoms with E-state index in [4.69, 9.17) is 5.73 Å². The largest absolute Gasteiger partial charge is 0.391 e. The van der Waals surface area contributed by atoms with E-state index in [9.17, 15) is 17.6 Å². The van der Waals surface area contributed by atoms with Crippen molar-refractivity contribution in [2.45, 2.75) is 37.4 Å². The molecule has 0 spiro atoms. The van der Waals surface area contributed by atoms with Crippen LogP contribution >= 0.6 is 0 Å². The van der Waals surface area contributed by atoms with Gasteiger partial charge in [0, 0.05) is 19.3 Å². The molecule has 0 heterocycles. The zero-order chi connectivity index (χ0) is 15.7. The number of alkyl halides is 3. The highest BCUT2D eigenvalue weighted by Gasteiger charge is 2.48. The Hall–Kier alpha value is -1.30. The topological polar surface area (TPSA) is 29.3 Å². The van der Waals surface area contributed by atoms with Crippen LogP contribution in [-0.4, -0.2) is 25.3 Å². The van der Waals surface area contributed by atoms with Crippen LogP contribution in [0.1, 0.15) is 25.7 Å². The zero-order valence-corrected chi connectivity index (χ0v) is 12.0. The molecule has 21 heavy (non-hydrogen) atoms. The van der Waals surface area contributed by atoms with Gasteiger partial charge in [-0.2, -0.15) is 13.2 Å². The fraction of sp³-hybridized carbons (Fsp3) is 0.600. The molecule has 2 N–H and O–H groups in total. The van der Waals surface area contributed by atoms with Gasteiger partial charge in [-0.3, -0.25) is 0 Å². The van der Waals surface area contributed by atoms with Gasteiger partial charge in [0.15, 0.2) is 0 Å². The minimum atomic E-state index is -4.19. The highest BCUT2D eigenvalue weighted by molar-refractivity contribution is 5.48. The zero-order valence-electron chi connectivity index (χ0n) is 12.0. The van der Waals surface area contributed by atoms with E-state index in [-0.39, 0.29) is 25.2 Å². The summed E-state index contributed by atoms with van der Waals surface area (Å²) in [6, 6.07) is 5.76. The molecule has 1 aromatic rings. The van der Waals surface area contributed by atoms with E-state index in [2.05, 4.69) is 0 Å². The van der Waals surface area contributed by atoms with Gasteiger partial charge in [0.1, 0.15) is 5.82 Å². The second-order valence-electron chi connectivity index (χ2n) is 5.80. The normalized spacial score (nSPS) is 26.7. The lowest BCUT2D eigenvalue weighted by molar-refractivity contribution is -0.186. The van der Waals surface area contributed by atoms with Crippen LogP contribution in [-0.2, 0) is 0 Å². The van der Waals surface area contributed by atoms with Crippen molar-refractivity contribution in [1.82, 2.24) is 0 Å². The van der Waals surface area contributed by atoms with Gasteiger partial charge in [0.05, 0.1) is 11.5 Å². The Balaban J connectivity index is 2.25. The fourth-order valence-electron chi connectivity index (χ4n) is 3.19. The maximum atomic E-state index is 13.0. The number of anilines is 1. The molecule has 0 aliphatic heterocycles. The number of hydrogen-bond donors (Lipinski definition) is 1. The molecule has 2 atom stereocenters. The van der Waals surface area contributed by atoms with Crippen LogP contribution < -0.4 is 10.6 Å². The first-order valence-corrected chi connectivity index (χ1v) is 7.05. The molecule has 118 valence electrons. The van der Waals surface area contributed by atoms with Crippen molar-refractivity contribution >= 4 is 5.69 Å². The van der Waals surface area contributed by atoms with Crippen molar-refractivity contribution in [1.29, 1.82) is 0 Å². The second-order valence-corrected chi connectivity index (χ2v) is 5.80. The summed E-state index contributed by atoms with van der Waals surface area (Å²) in [4.78, 5) is 1.78. The van der Waals surface area contributed by atoms with E-state index in [0.717, 1.165) is 0 Å². The second kappa shape index (κ2) is 5.83. The molecule has 0 aromatic heterocycles. The molecular weight excluding hydrogens is 284 g/mol. The first kappa shape index (κ1) is 16.1. The van der Waals surface area contributed by atoms with E-state index in [1.165, 1.54) is 12.1 Å². The maximum Gasteiger partial charge on any atom is 0.391 e. The molecule has 2 nitrogen and oxygen atoms in total. The predicted molar refractivity (Wildman–Crippen MR) is 74.6 cm³/mol. The molecule has 1 fully saturated rings. The number of nitrogens with zero attached hydrogens (tertiary/aromatic N) is 1. The summed E-state index contributed by atoms with van der Waals surface area (Å²) < 4.78 is 52.1. The van der Waals surface area contributed by atoms with Gasteiger partial charge in [-0.1, -0.05) is 6.42 Å². The van der Waals surface area contributed by atoms with Gasteiger partial charge in [-0.05, 0) is 43.5 Å². The summed E-state index contributed by atoms with van der Waals surface area (Å²) in [5.41, 5.74) is 5.79. The highest BCUT2D eigenvalue weighted by atomic mass is 19.4. The Kier molecular flexibility index (Phi) is 4.46. The first-order valence-electron chi connectivity index (χ1n) is 7.05. The van der Waals surface area contributed by atoms with Crippen molar-refractivity contribution in [2.24, 2.45) is 11.7 Å². The third-order valence-corrected chi connectivity index (χ3v) is 4.59. The van der Waals surface area contributed by atoms with Crippen LogP contribution in [0.5, 0.6) is 0 Å². The van der Waals surface area contributed by atoms with Crippen LogP contribution in [0.15, 0.2) is 24.3 Å². The summed E-state index contributed by atoms with van der Waals surface area (Å²) >= 11 is 0. The Bertz CT molecular complexity index is 472. The Morgan fingerprint density at radius 3 is 2.43 bits per heavy atom. The lowest BCUT2D eigenvalue weighted by Crippen LogP contribution is -2.56. The van der Waals surface area contributed by atoms with E-state index in [1.807, 2.05) is 0 Å². The Morgan fingerprint density at radius 1 is 1.29 bits per heavy atom. The van der Waals surface area contributed by atoms with Crippen LogP contribution in [0.25, 0.3) is 0 Å². The quantitative estimate of drug-likeness (QED) is 0.863. The third kappa shape index (κ3) is 3.31. The lowest BCUT2D eigenvalue weighted by Gasteiger charge is -2.48. The number of nitrogens with two attached hydrogens (primary N) is 1. The monoisotopic (exact) mass is 304 g/mol. The summed E-state index contributed by atoms with van der Waals surface area (Å²) in [6.45, 7) is 0.146. The Morgan fingerprint density at radius 2 is 1.90 bits per heavy atom. The molecule has 0 bridgehead atoms.